The van der Waals surface area contributed by atoms with Crippen LogP contribution in [0.1, 0.15) is 47.9 Å². The maximum absolute atomic E-state index is 9.85. The molecule has 6 nitrogen and oxygen atoms in total. The highest BCUT2D eigenvalue weighted by Crippen LogP contribution is 2.41. The molecule has 2 aromatic carbocycles. The number of carbonyl (C=O) groups is 2. The second-order valence-electron chi connectivity index (χ2n) is 6.58. The minimum absolute atomic E-state index is 0.148. The van der Waals surface area contributed by atoms with E-state index in [-0.39, 0.29) is 6.04 Å². The van der Waals surface area contributed by atoms with E-state index >= 15 is 0 Å². The molecular formula is C20H22Cl2N2O4. The van der Waals surface area contributed by atoms with Gasteiger partial charge in [-0.1, -0.05) is 53.5 Å². The van der Waals surface area contributed by atoms with Crippen molar-refractivity contribution in [2.75, 3.05) is 0 Å². The van der Waals surface area contributed by atoms with Gasteiger partial charge in [0, 0.05) is 12.0 Å². The normalized spacial score (nSPS) is 19.0. The molecule has 28 heavy (non-hydrogen) atoms. The first kappa shape index (κ1) is 22.2. The molecule has 0 fully saturated rings. The summed E-state index contributed by atoms with van der Waals surface area (Å²) in [6.45, 7) is 0. The number of rotatable bonds is 4. The Kier molecular flexibility index (Phi) is 7.83. The van der Waals surface area contributed by atoms with Gasteiger partial charge in [0.2, 0.25) is 0 Å². The van der Waals surface area contributed by atoms with E-state index in [1.54, 1.807) is 0 Å². The van der Waals surface area contributed by atoms with Crippen molar-refractivity contribution in [2.45, 2.75) is 37.3 Å². The van der Waals surface area contributed by atoms with E-state index in [0.29, 0.717) is 16.0 Å². The summed E-state index contributed by atoms with van der Waals surface area (Å²) in [6.07, 6.45) is 1.52. The fraction of sp³-hybridized carbons (Fsp3) is 0.300. The first-order valence-electron chi connectivity index (χ1n) is 8.70. The van der Waals surface area contributed by atoms with Crippen molar-refractivity contribution in [1.82, 2.24) is 0 Å². The predicted molar refractivity (Wildman–Crippen MR) is 109 cm³/mol. The van der Waals surface area contributed by atoms with E-state index in [1.165, 1.54) is 16.7 Å². The Balaban J connectivity index is 0.000000266. The molecule has 1 aliphatic carbocycles. The lowest BCUT2D eigenvalue weighted by molar-refractivity contribution is -0.144. The number of nitrogens with two attached hydrogens (primary N) is 2. The van der Waals surface area contributed by atoms with Crippen molar-refractivity contribution in [3.05, 3.63) is 69.2 Å². The summed E-state index contributed by atoms with van der Waals surface area (Å²) in [5.74, 6) is -2.13. The van der Waals surface area contributed by atoms with Crippen molar-refractivity contribution in [3.63, 3.8) is 0 Å². The lowest BCUT2D eigenvalue weighted by Gasteiger charge is -2.30. The highest BCUT2D eigenvalue weighted by atomic mass is 35.5. The number of halogens is 2. The average molecular weight is 425 g/mol. The van der Waals surface area contributed by atoms with Gasteiger partial charge >= 0.3 is 11.9 Å². The van der Waals surface area contributed by atoms with Gasteiger partial charge in [-0.2, -0.15) is 0 Å². The highest BCUT2D eigenvalue weighted by Gasteiger charge is 2.26. The molecule has 0 aromatic heterocycles. The van der Waals surface area contributed by atoms with Crippen molar-refractivity contribution >= 4 is 35.1 Å². The number of fused-ring (bicyclic) bond motifs is 1. The molecule has 0 saturated heterocycles. The number of carboxylic acids is 2. The molecule has 8 heteroatoms. The molecule has 1 aliphatic rings. The summed E-state index contributed by atoms with van der Waals surface area (Å²) in [4.78, 5) is 19.6. The zero-order chi connectivity index (χ0) is 20.8. The van der Waals surface area contributed by atoms with Crippen molar-refractivity contribution < 1.29 is 19.8 Å². The molecule has 3 rings (SSSR count). The summed E-state index contributed by atoms with van der Waals surface area (Å²) in [5, 5.41) is 17.3. The molecule has 0 spiro atoms. The average Bonchev–Trinajstić information content (AvgIpc) is 2.65. The summed E-state index contributed by atoms with van der Waals surface area (Å²) in [6, 6.07) is 13.2. The Morgan fingerprint density at radius 3 is 2.21 bits per heavy atom. The molecule has 0 bridgehead atoms. The Bertz CT molecular complexity index is 860. The molecule has 150 valence electrons. The van der Waals surface area contributed by atoms with E-state index in [9.17, 15) is 9.59 Å². The topological polar surface area (TPSA) is 127 Å². The summed E-state index contributed by atoms with van der Waals surface area (Å²) in [7, 11) is 0. The van der Waals surface area contributed by atoms with Crippen molar-refractivity contribution in [2.24, 2.45) is 11.5 Å². The third-order valence-corrected chi connectivity index (χ3v) is 5.33. The molecule has 2 aromatic rings. The van der Waals surface area contributed by atoms with Crippen LogP contribution in [0.5, 0.6) is 0 Å². The van der Waals surface area contributed by atoms with Gasteiger partial charge in [0.05, 0.1) is 16.5 Å². The number of aliphatic carboxylic acids is 2. The molecule has 0 radical (unpaired) electrons. The second kappa shape index (κ2) is 9.89. The van der Waals surface area contributed by atoms with Gasteiger partial charge in [-0.15, -0.1) is 0 Å². The lowest BCUT2D eigenvalue weighted by atomic mass is 9.77. The Labute approximate surface area is 173 Å². The van der Waals surface area contributed by atoms with Crippen LogP contribution in [0.3, 0.4) is 0 Å². The van der Waals surface area contributed by atoms with Gasteiger partial charge in [0.25, 0.3) is 0 Å². The van der Waals surface area contributed by atoms with Crippen LogP contribution in [0.25, 0.3) is 0 Å². The fourth-order valence-electron chi connectivity index (χ4n) is 3.17. The maximum atomic E-state index is 9.85. The number of hydrogen-bond acceptors (Lipinski definition) is 4. The molecule has 0 unspecified atom stereocenters. The van der Waals surface area contributed by atoms with E-state index in [1.807, 2.05) is 12.1 Å². The monoisotopic (exact) mass is 424 g/mol. The zero-order valence-corrected chi connectivity index (χ0v) is 16.5. The van der Waals surface area contributed by atoms with Gasteiger partial charge in [0.15, 0.2) is 0 Å². The third kappa shape index (κ3) is 5.69. The van der Waals surface area contributed by atoms with Crippen LogP contribution in [0.2, 0.25) is 10.0 Å². The summed E-state index contributed by atoms with van der Waals surface area (Å²) >= 11 is 12.1. The molecule has 0 amide bonds. The standard InChI is InChI=1S/C16H15Cl2N.C4H7NO4/c17-14-7-5-10(9-15(14)18)11-6-8-16(19)13-4-2-1-3-12(11)13;5-2(4(8)9)1-3(6)7/h1-5,7,9,11,16H,6,8,19H2;2H,1,5H2,(H,6,7)(H,8,9)/t11-,16-;2-/m01/s1. The van der Waals surface area contributed by atoms with E-state index in [0.717, 1.165) is 12.8 Å². The predicted octanol–water partition coefficient (Wildman–Crippen LogP) is 3.79. The van der Waals surface area contributed by atoms with Gasteiger partial charge in [-0.25, -0.2) is 0 Å². The van der Waals surface area contributed by atoms with E-state index in [4.69, 9.17) is 44.9 Å². The molecule has 6 N–H and O–H groups in total. The molecule has 0 aliphatic heterocycles. The number of carboxylic acid groups (broad SMARTS) is 2. The van der Waals surface area contributed by atoms with Crippen LogP contribution in [-0.2, 0) is 9.59 Å². The number of benzene rings is 2. The van der Waals surface area contributed by atoms with Gasteiger partial charge in [-0.3, -0.25) is 9.59 Å². The Morgan fingerprint density at radius 1 is 1.04 bits per heavy atom. The summed E-state index contributed by atoms with van der Waals surface area (Å²) in [5.41, 5.74) is 14.8. The molecular weight excluding hydrogens is 403 g/mol. The molecule has 3 atom stereocenters. The van der Waals surface area contributed by atoms with Crippen LogP contribution in [0.15, 0.2) is 42.5 Å². The van der Waals surface area contributed by atoms with Crippen molar-refractivity contribution in [3.8, 4) is 0 Å². The largest absolute Gasteiger partial charge is 0.481 e. The maximum Gasteiger partial charge on any atom is 0.321 e. The SMILES string of the molecule is N[C@H](CC(=O)O)C(=O)O.N[C@H]1CC[C@@H](c2ccc(Cl)c(Cl)c2)c2ccccc21. The Morgan fingerprint density at radius 2 is 1.68 bits per heavy atom. The minimum Gasteiger partial charge on any atom is -0.481 e. The quantitative estimate of drug-likeness (QED) is 0.590. The van der Waals surface area contributed by atoms with Gasteiger partial charge in [0.1, 0.15) is 6.04 Å². The van der Waals surface area contributed by atoms with E-state index in [2.05, 4.69) is 30.3 Å². The fourth-order valence-corrected chi connectivity index (χ4v) is 3.48. The smallest absolute Gasteiger partial charge is 0.321 e. The first-order chi connectivity index (χ1) is 13.2. The first-order valence-corrected chi connectivity index (χ1v) is 9.45. The Hall–Kier alpha value is -2.12. The van der Waals surface area contributed by atoms with Gasteiger partial charge in [-0.05, 0) is 41.7 Å². The number of hydrogen-bond donors (Lipinski definition) is 4. The van der Waals surface area contributed by atoms with Gasteiger partial charge < -0.3 is 21.7 Å². The summed E-state index contributed by atoms with van der Waals surface area (Å²) < 4.78 is 0. The highest BCUT2D eigenvalue weighted by molar-refractivity contribution is 6.42. The van der Waals surface area contributed by atoms with Crippen LogP contribution in [0.4, 0.5) is 0 Å². The van der Waals surface area contributed by atoms with Crippen LogP contribution in [0, 0.1) is 0 Å². The van der Waals surface area contributed by atoms with Crippen LogP contribution in [-0.4, -0.2) is 28.2 Å². The second-order valence-corrected chi connectivity index (χ2v) is 7.40. The van der Waals surface area contributed by atoms with Crippen LogP contribution >= 0.6 is 23.2 Å². The third-order valence-electron chi connectivity index (χ3n) is 4.60. The zero-order valence-electron chi connectivity index (χ0n) is 15.0. The van der Waals surface area contributed by atoms with Crippen molar-refractivity contribution in [1.29, 1.82) is 0 Å². The molecule has 0 saturated carbocycles. The lowest BCUT2D eigenvalue weighted by Crippen LogP contribution is -2.32. The minimum atomic E-state index is -1.29. The van der Waals surface area contributed by atoms with E-state index < -0.39 is 24.4 Å². The molecule has 0 heterocycles. The van der Waals surface area contributed by atoms with Crippen LogP contribution < -0.4 is 11.5 Å².